The first-order valence-electron chi connectivity index (χ1n) is 11.5. The molecule has 1 fully saturated rings. The molecule has 12 heteroatoms. The van der Waals surface area contributed by atoms with Crippen LogP contribution in [0.15, 0.2) is 58.4 Å². The summed E-state index contributed by atoms with van der Waals surface area (Å²) >= 11 is 4.19. The molecule has 37 heavy (non-hydrogen) atoms. The van der Waals surface area contributed by atoms with E-state index in [-0.39, 0.29) is 23.0 Å². The van der Waals surface area contributed by atoms with E-state index in [1.54, 1.807) is 46.8 Å². The Bertz CT molecular complexity index is 1430. The van der Waals surface area contributed by atoms with Crippen molar-refractivity contribution >= 4 is 73.2 Å². The average Bonchev–Trinajstić information content (AvgIpc) is 3.57. The first-order valence-corrected chi connectivity index (χ1v) is 14.1. The summed E-state index contributed by atoms with van der Waals surface area (Å²) in [5.41, 5.74) is 2.06. The zero-order valence-corrected chi connectivity index (χ0v) is 22.3. The molecular weight excluding hydrogens is 531 g/mol. The van der Waals surface area contributed by atoms with Crippen molar-refractivity contribution in [2.45, 2.75) is 16.5 Å². The van der Waals surface area contributed by atoms with Crippen molar-refractivity contribution in [3.05, 3.63) is 65.2 Å². The number of thioether (sulfide) groups is 1. The Kier molecular flexibility index (Phi) is 7.79. The molecule has 4 aromatic rings. The van der Waals surface area contributed by atoms with Gasteiger partial charge in [-0.1, -0.05) is 23.9 Å². The van der Waals surface area contributed by atoms with E-state index in [9.17, 15) is 14.4 Å². The number of benzene rings is 2. The molecule has 0 spiro atoms. The molecule has 3 amide bonds. The number of carbonyl (C=O) groups is 3. The van der Waals surface area contributed by atoms with Crippen molar-refractivity contribution in [1.29, 1.82) is 0 Å². The molecule has 3 heterocycles. The fourth-order valence-electron chi connectivity index (χ4n) is 3.73. The van der Waals surface area contributed by atoms with E-state index in [0.717, 1.165) is 14.6 Å². The van der Waals surface area contributed by atoms with E-state index in [1.807, 2.05) is 19.1 Å². The molecule has 2 aromatic carbocycles. The van der Waals surface area contributed by atoms with Gasteiger partial charge in [-0.15, -0.1) is 22.7 Å². The van der Waals surface area contributed by atoms with Crippen LogP contribution in [0.2, 0.25) is 0 Å². The van der Waals surface area contributed by atoms with Gasteiger partial charge >= 0.3 is 0 Å². The van der Waals surface area contributed by atoms with E-state index in [4.69, 9.17) is 4.74 Å². The lowest BCUT2D eigenvalue weighted by Gasteiger charge is -2.27. The second kappa shape index (κ2) is 11.4. The topological polar surface area (TPSA) is 114 Å². The van der Waals surface area contributed by atoms with Crippen LogP contribution >= 0.6 is 34.4 Å². The maximum absolute atomic E-state index is 13.1. The van der Waals surface area contributed by atoms with E-state index in [2.05, 4.69) is 20.6 Å². The number of morpholine rings is 1. The number of fused-ring (bicyclic) bond motifs is 1. The van der Waals surface area contributed by atoms with Crippen molar-refractivity contribution in [3.63, 3.8) is 0 Å². The fraction of sp³-hybridized carbons (Fsp3) is 0.240. The van der Waals surface area contributed by atoms with Crippen LogP contribution in [0.4, 0.5) is 10.8 Å². The van der Waals surface area contributed by atoms with Gasteiger partial charge in [0.1, 0.15) is 0 Å². The van der Waals surface area contributed by atoms with Gasteiger partial charge in [0.2, 0.25) is 5.91 Å². The van der Waals surface area contributed by atoms with Gasteiger partial charge in [0.05, 0.1) is 39.8 Å². The van der Waals surface area contributed by atoms with Gasteiger partial charge in [-0.2, -0.15) is 0 Å². The zero-order valence-electron chi connectivity index (χ0n) is 19.8. The number of carbonyl (C=O) groups excluding carboxylic acids is 3. The minimum absolute atomic E-state index is 0.141. The minimum Gasteiger partial charge on any atom is -0.378 e. The van der Waals surface area contributed by atoms with Gasteiger partial charge in [0.15, 0.2) is 9.47 Å². The second-order valence-electron chi connectivity index (χ2n) is 8.15. The van der Waals surface area contributed by atoms with Crippen molar-refractivity contribution in [2.75, 3.05) is 36.9 Å². The first kappa shape index (κ1) is 25.3. The fourth-order valence-corrected chi connectivity index (χ4v) is 6.51. The second-order valence-corrected chi connectivity index (χ2v) is 11.7. The van der Waals surface area contributed by atoms with Crippen molar-refractivity contribution in [2.24, 2.45) is 0 Å². The number of nitrogens with zero attached hydrogens (tertiary/aromatic N) is 3. The third-order valence-electron chi connectivity index (χ3n) is 5.64. The van der Waals surface area contributed by atoms with Crippen molar-refractivity contribution in [1.82, 2.24) is 14.9 Å². The molecule has 5 rings (SSSR count). The molecule has 0 bridgehead atoms. The average molecular weight is 554 g/mol. The summed E-state index contributed by atoms with van der Waals surface area (Å²) in [6.07, 6.45) is 1.64. The van der Waals surface area contributed by atoms with Gasteiger partial charge in [-0.25, -0.2) is 9.97 Å². The molecule has 2 aromatic heterocycles. The quantitative estimate of drug-likeness (QED) is 0.322. The van der Waals surface area contributed by atoms with Gasteiger partial charge < -0.3 is 20.3 Å². The molecule has 0 saturated carbocycles. The summed E-state index contributed by atoms with van der Waals surface area (Å²) in [4.78, 5) is 49.0. The first-order chi connectivity index (χ1) is 18.0. The number of anilines is 2. The smallest absolute Gasteiger partial charge is 0.256 e. The van der Waals surface area contributed by atoms with Crippen molar-refractivity contribution in [3.8, 4) is 0 Å². The van der Waals surface area contributed by atoms with Gasteiger partial charge in [0, 0.05) is 30.4 Å². The largest absolute Gasteiger partial charge is 0.378 e. The van der Waals surface area contributed by atoms with Crippen LogP contribution in [0.5, 0.6) is 0 Å². The number of rotatable bonds is 7. The minimum atomic E-state index is -0.358. The Balaban J connectivity index is 1.27. The van der Waals surface area contributed by atoms with Gasteiger partial charge in [0.25, 0.3) is 11.8 Å². The lowest BCUT2D eigenvalue weighted by Crippen LogP contribution is -2.41. The van der Waals surface area contributed by atoms with Crippen LogP contribution < -0.4 is 10.6 Å². The zero-order chi connectivity index (χ0) is 25.8. The highest BCUT2D eigenvalue weighted by atomic mass is 32.2. The molecule has 0 aliphatic carbocycles. The molecule has 1 atom stereocenters. The van der Waals surface area contributed by atoms with E-state index < -0.39 is 0 Å². The summed E-state index contributed by atoms with van der Waals surface area (Å²) in [6, 6.07) is 12.3. The van der Waals surface area contributed by atoms with Crippen LogP contribution in [0, 0.1) is 0 Å². The summed E-state index contributed by atoms with van der Waals surface area (Å²) in [6.45, 7) is 3.81. The number of amides is 3. The third-order valence-corrected chi connectivity index (χ3v) is 8.54. The molecular formula is C25H23N5O4S3. The van der Waals surface area contributed by atoms with E-state index in [1.165, 1.54) is 34.4 Å². The summed E-state index contributed by atoms with van der Waals surface area (Å²) < 4.78 is 6.96. The molecule has 190 valence electrons. The normalized spacial score (nSPS) is 14.4. The highest BCUT2D eigenvalue weighted by molar-refractivity contribution is 8.02. The summed E-state index contributed by atoms with van der Waals surface area (Å²) in [5, 5.41) is 7.72. The highest BCUT2D eigenvalue weighted by Gasteiger charge is 2.23. The number of ether oxygens (including phenoxy) is 1. The van der Waals surface area contributed by atoms with E-state index >= 15 is 0 Å². The third kappa shape index (κ3) is 5.99. The lowest BCUT2D eigenvalue weighted by atomic mass is 10.0. The Morgan fingerprint density at radius 1 is 1.08 bits per heavy atom. The number of aromatic nitrogens is 2. The standard InChI is InChI=1S/C25H23N5O4S3/c1-15(21(31)29-24-26-8-13-35-24)36-25-28-19-7-6-16(14-20(19)37-25)27-22(32)17-4-2-3-5-18(17)23(33)30-9-11-34-12-10-30/h2-8,13-15H,9-12H2,1H3,(H,27,32)(H,26,29,31)/t15-/m0/s1. The Hall–Kier alpha value is -3.32. The number of hydrogen-bond donors (Lipinski definition) is 2. The molecule has 0 unspecified atom stereocenters. The van der Waals surface area contributed by atoms with Gasteiger partial charge in [-0.05, 0) is 37.3 Å². The molecule has 0 radical (unpaired) electrons. The molecule has 1 saturated heterocycles. The number of nitrogens with one attached hydrogen (secondary N) is 2. The monoisotopic (exact) mass is 553 g/mol. The van der Waals surface area contributed by atoms with Crippen LogP contribution in [0.25, 0.3) is 10.2 Å². The maximum atomic E-state index is 13.1. The molecule has 1 aliphatic rings. The van der Waals surface area contributed by atoms with Crippen LogP contribution in [0.3, 0.4) is 0 Å². The Morgan fingerprint density at radius 3 is 2.62 bits per heavy atom. The highest BCUT2D eigenvalue weighted by Crippen LogP contribution is 2.34. The molecule has 9 nitrogen and oxygen atoms in total. The predicted octanol–water partition coefficient (Wildman–Crippen LogP) is 4.60. The Labute approximate surface area is 225 Å². The lowest BCUT2D eigenvalue weighted by molar-refractivity contribution is -0.115. The SMILES string of the molecule is C[C@H](Sc1nc2ccc(NC(=O)c3ccccc3C(=O)N3CCOCC3)cc2s1)C(=O)Nc1nccs1. The van der Waals surface area contributed by atoms with Crippen molar-refractivity contribution < 1.29 is 19.1 Å². The predicted molar refractivity (Wildman–Crippen MR) is 147 cm³/mol. The summed E-state index contributed by atoms with van der Waals surface area (Å²) in [5.74, 6) is -0.678. The molecule has 2 N–H and O–H groups in total. The van der Waals surface area contributed by atoms with E-state index in [0.29, 0.717) is 48.2 Å². The van der Waals surface area contributed by atoms with Crippen LogP contribution in [-0.4, -0.2) is 64.1 Å². The number of hydrogen-bond acceptors (Lipinski definition) is 9. The summed E-state index contributed by atoms with van der Waals surface area (Å²) in [7, 11) is 0. The Morgan fingerprint density at radius 2 is 1.86 bits per heavy atom. The van der Waals surface area contributed by atoms with Crippen LogP contribution in [0.1, 0.15) is 27.6 Å². The number of thiazole rings is 2. The maximum Gasteiger partial charge on any atom is 0.256 e. The van der Waals surface area contributed by atoms with Gasteiger partial charge in [-0.3, -0.25) is 14.4 Å². The molecule has 1 aliphatic heterocycles. The van der Waals surface area contributed by atoms with Crippen LogP contribution in [-0.2, 0) is 9.53 Å².